The van der Waals surface area contributed by atoms with Crippen LogP contribution in [-0.2, 0) is 4.74 Å². The predicted octanol–water partition coefficient (Wildman–Crippen LogP) is 2.96. The monoisotopic (exact) mass is 260 g/mol. The Kier molecular flexibility index (Phi) is 3.72. The van der Waals surface area contributed by atoms with Crippen LogP contribution in [0.5, 0.6) is 0 Å². The predicted molar refractivity (Wildman–Crippen MR) is 68.7 cm³/mol. The van der Waals surface area contributed by atoms with E-state index in [1.165, 1.54) is 4.88 Å². The normalized spacial score (nSPS) is 19.7. The second-order valence-corrected chi connectivity index (χ2v) is 5.78. The van der Waals surface area contributed by atoms with E-state index in [0.29, 0.717) is 5.88 Å². The Labute approximate surface area is 105 Å². The van der Waals surface area contributed by atoms with Crippen LogP contribution in [0.15, 0.2) is 0 Å². The van der Waals surface area contributed by atoms with Gasteiger partial charge in [-0.1, -0.05) is 0 Å². The van der Waals surface area contributed by atoms with Crippen molar-refractivity contribution in [3.05, 3.63) is 10.6 Å². The summed E-state index contributed by atoms with van der Waals surface area (Å²) in [6, 6.07) is 0. The summed E-state index contributed by atoms with van der Waals surface area (Å²) in [5, 5.41) is 4.49. The number of anilines is 1. The maximum atomic E-state index is 6.09. The van der Waals surface area contributed by atoms with Gasteiger partial charge in [-0.3, -0.25) is 0 Å². The Balaban J connectivity index is 2.11. The highest BCUT2D eigenvalue weighted by Crippen LogP contribution is 2.30. The molecule has 0 radical (unpaired) electrons. The maximum absolute atomic E-state index is 6.09. The largest absolute Gasteiger partial charge is 0.381 e. The highest BCUT2D eigenvalue weighted by Gasteiger charge is 2.32. The average Bonchev–Trinajstić information content (AvgIpc) is 2.59. The molecule has 1 aliphatic rings. The molecule has 0 saturated carbocycles. The smallest absolute Gasteiger partial charge is 0.183 e. The number of halogens is 1. The number of nitrogens with one attached hydrogen (secondary N) is 1. The summed E-state index contributed by atoms with van der Waals surface area (Å²) in [6.07, 6.45) is 1.91. The van der Waals surface area contributed by atoms with Crippen LogP contribution in [0.1, 0.15) is 23.4 Å². The molecule has 0 bridgehead atoms. The van der Waals surface area contributed by atoms with Crippen molar-refractivity contribution in [3.8, 4) is 0 Å². The van der Waals surface area contributed by atoms with Crippen molar-refractivity contribution < 1.29 is 4.74 Å². The molecule has 0 amide bonds. The van der Waals surface area contributed by atoms with Crippen molar-refractivity contribution >= 4 is 28.1 Å². The summed E-state index contributed by atoms with van der Waals surface area (Å²) >= 11 is 7.79. The van der Waals surface area contributed by atoms with Crippen molar-refractivity contribution in [2.24, 2.45) is 0 Å². The Bertz CT molecular complexity index is 341. The SMILES string of the molecule is Cc1nc(NC2(CCl)CCOCC2)sc1C. The Morgan fingerprint density at radius 1 is 1.44 bits per heavy atom. The van der Waals surface area contributed by atoms with Crippen LogP contribution >= 0.6 is 22.9 Å². The van der Waals surface area contributed by atoms with Gasteiger partial charge in [0.05, 0.1) is 11.2 Å². The summed E-state index contributed by atoms with van der Waals surface area (Å²) in [7, 11) is 0. The molecule has 16 heavy (non-hydrogen) atoms. The topological polar surface area (TPSA) is 34.2 Å². The zero-order chi connectivity index (χ0) is 11.6. The van der Waals surface area contributed by atoms with Crippen molar-refractivity contribution in [2.75, 3.05) is 24.4 Å². The molecule has 0 unspecified atom stereocenters. The molecule has 1 aromatic rings. The van der Waals surface area contributed by atoms with Gasteiger partial charge in [0.25, 0.3) is 0 Å². The van der Waals surface area contributed by atoms with Gasteiger partial charge in [-0.15, -0.1) is 22.9 Å². The number of aromatic nitrogens is 1. The molecule has 1 fully saturated rings. The van der Waals surface area contributed by atoms with Gasteiger partial charge in [-0.05, 0) is 26.7 Å². The molecular weight excluding hydrogens is 244 g/mol. The third-order valence-electron chi connectivity index (χ3n) is 3.11. The number of thiazole rings is 1. The molecule has 2 heterocycles. The number of hydrogen-bond donors (Lipinski definition) is 1. The standard InChI is InChI=1S/C11H17ClN2OS/c1-8-9(2)16-10(13-8)14-11(7-12)3-5-15-6-4-11/h3-7H2,1-2H3,(H,13,14). The minimum Gasteiger partial charge on any atom is -0.381 e. The lowest BCUT2D eigenvalue weighted by Gasteiger charge is -2.36. The molecular formula is C11H17ClN2OS. The highest BCUT2D eigenvalue weighted by molar-refractivity contribution is 7.15. The third-order valence-corrected chi connectivity index (χ3v) is 4.61. The molecule has 1 aromatic heterocycles. The molecule has 1 N–H and O–H groups in total. The minimum absolute atomic E-state index is 0.0312. The molecule has 0 aromatic carbocycles. The van der Waals surface area contributed by atoms with E-state index in [9.17, 15) is 0 Å². The fourth-order valence-electron chi connectivity index (χ4n) is 1.81. The number of aryl methyl sites for hydroxylation is 2. The van der Waals surface area contributed by atoms with E-state index < -0.39 is 0 Å². The third kappa shape index (κ3) is 2.50. The average molecular weight is 261 g/mol. The van der Waals surface area contributed by atoms with Gasteiger partial charge >= 0.3 is 0 Å². The first-order valence-electron chi connectivity index (χ1n) is 5.51. The number of nitrogens with zero attached hydrogens (tertiary/aromatic N) is 1. The summed E-state index contributed by atoms with van der Waals surface area (Å²) in [5.74, 6) is 0.605. The minimum atomic E-state index is -0.0312. The summed E-state index contributed by atoms with van der Waals surface area (Å²) in [5.41, 5.74) is 1.07. The van der Waals surface area contributed by atoms with E-state index in [0.717, 1.165) is 36.9 Å². The number of ether oxygens (including phenoxy) is 1. The molecule has 1 saturated heterocycles. The second kappa shape index (κ2) is 4.90. The van der Waals surface area contributed by atoms with E-state index in [2.05, 4.69) is 17.2 Å². The molecule has 0 aliphatic carbocycles. The lowest BCUT2D eigenvalue weighted by atomic mass is 9.93. The van der Waals surface area contributed by atoms with E-state index >= 15 is 0 Å². The zero-order valence-corrected chi connectivity index (χ0v) is 11.2. The quantitative estimate of drug-likeness (QED) is 0.849. The van der Waals surface area contributed by atoms with Crippen LogP contribution in [0.2, 0.25) is 0 Å². The van der Waals surface area contributed by atoms with Gasteiger partial charge in [0.1, 0.15) is 0 Å². The summed E-state index contributed by atoms with van der Waals surface area (Å²) in [6.45, 7) is 5.69. The van der Waals surface area contributed by atoms with Gasteiger partial charge in [-0.25, -0.2) is 4.98 Å². The van der Waals surface area contributed by atoms with Crippen LogP contribution in [0.25, 0.3) is 0 Å². The molecule has 2 rings (SSSR count). The lowest BCUT2D eigenvalue weighted by Crippen LogP contribution is -2.45. The summed E-state index contributed by atoms with van der Waals surface area (Å²) < 4.78 is 5.38. The highest BCUT2D eigenvalue weighted by atomic mass is 35.5. The van der Waals surface area contributed by atoms with Gasteiger partial charge in [-0.2, -0.15) is 0 Å². The fraction of sp³-hybridized carbons (Fsp3) is 0.727. The number of hydrogen-bond acceptors (Lipinski definition) is 4. The first-order valence-corrected chi connectivity index (χ1v) is 6.86. The van der Waals surface area contributed by atoms with Crippen LogP contribution in [0.3, 0.4) is 0 Å². The Morgan fingerprint density at radius 3 is 2.62 bits per heavy atom. The molecule has 90 valence electrons. The van der Waals surface area contributed by atoms with Gasteiger partial charge in [0.2, 0.25) is 0 Å². The van der Waals surface area contributed by atoms with E-state index in [-0.39, 0.29) is 5.54 Å². The van der Waals surface area contributed by atoms with Crippen LogP contribution in [0, 0.1) is 13.8 Å². The van der Waals surface area contributed by atoms with Gasteiger partial charge in [0, 0.05) is 24.0 Å². The van der Waals surface area contributed by atoms with Crippen molar-refractivity contribution in [3.63, 3.8) is 0 Å². The molecule has 0 spiro atoms. The maximum Gasteiger partial charge on any atom is 0.183 e. The van der Waals surface area contributed by atoms with Gasteiger partial charge in [0.15, 0.2) is 5.13 Å². The van der Waals surface area contributed by atoms with Crippen LogP contribution in [0.4, 0.5) is 5.13 Å². The molecule has 0 atom stereocenters. The van der Waals surface area contributed by atoms with E-state index in [1.807, 2.05) is 6.92 Å². The van der Waals surface area contributed by atoms with Gasteiger partial charge < -0.3 is 10.1 Å². The second-order valence-electron chi connectivity index (χ2n) is 4.31. The van der Waals surface area contributed by atoms with Crippen molar-refractivity contribution in [1.29, 1.82) is 0 Å². The van der Waals surface area contributed by atoms with E-state index in [1.54, 1.807) is 11.3 Å². The molecule has 3 nitrogen and oxygen atoms in total. The number of rotatable bonds is 3. The van der Waals surface area contributed by atoms with Crippen LogP contribution in [-0.4, -0.2) is 29.6 Å². The van der Waals surface area contributed by atoms with E-state index in [4.69, 9.17) is 16.3 Å². The number of alkyl halides is 1. The Hall–Kier alpha value is -0.320. The van der Waals surface area contributed by atoms with Crippen molar-refractivity contribution in [2.45, 2.75) is 32.2 Å². The first kappa shape index (κ1) is 12.1. The lowest BCUT2D eigenvalue weighted by molar-refractivity contribution is 0.0668. The van der Waals surface area contributed by atoms with Crippen LogP contribution < -0.4 is 5.32 Å². The Morgan fingerprint density at radius 2 is 2.12 bits per heavy atom. The first-order chi connectivity index (χ1) is 7.65. The van der Waals surface area contributed by atoms with Crippen molar-refractivity contribution in [1.82, 2.24) is 4.98 Å². The molecule has 1 aliphatic heterocycles. The zero-order valence-electron chi connectivity index (χ0n) is 9.68. The molecule has 5 heteroatoms. The fourth-order valence-corrected chi connectivity index (χ4v) is 3.07. The summed E-state index contributed by atoms with van der Waals surface area (Å²) in [4.78, 5) is 5.77.